The third kappa shape index (κ3) is 4.04. The van der Waals surface area contributed by atoms with Gasteiger partial charge in [0.15, 0.2) is 0 Å². The number of hydrogen-bond acceptors (Lipinski definition) is 2. The molecule has 0 aliphatic heterocycles. The fourth-order valence-electron chi connectivity index (χ4n) is 2.34. The first-order chi connectivity index (χ1) is 10.2. The SMILES string of the molecule is C=CC[C@@H](N[C@@H](C(N)=O)c1ccccc1)c1ccccc1. The van der Waals surface area contributed by atoms with Crippen LogP contribution in [0.15, 0.2) is 73.3 Å². The molecule has 0 fully saturated rings. The molecule has 21 heavy (non-hydrogen) atoms. The zero-order valence-corrected chi connectivity index (χ0v) is 11.9. The normalized spacial score (nSPS) is 13.3. The van der Waals surface area contributed by atoms with Crippen molar-refractivity contribution >= 4 is 5.91 Å². The number of nitrogens with one attached hydrogen (secondary N) is 1. The van der Waals surface area contributed by atoms with Gasteiger partial charge < -0.3 is 5.73 Å². The highest BCUT2D eigenvalue weighted by Crippen LogP contribution is 2.22. The number of nitrogens with two attached hydrogens (primary N) is 1. The van der Waals surface area contributed by atoms with Gasteiger partial charge in [-0.1, -0.05) is 66.7 Å². The van der Waals surface area contributed by atoms with Crippen LogP contribution in [0.5, 0.6) is 0 Å². The Bertz CT molecular complexity index is 581. The minimum absolute atomic E-state index is 0.00130. The van der Waals surface area contributed by atoms with E-state index in [0.717, 1.165) is 17.5 Å². The van der Waals surface area contributed by atoms with Gasteiger partial charge in [-0.15, -0.1) is 6.58 Å². The van der Waals surface area contributed by atoms with Crippen molar-refractivity contribution in [2.45, 2.75) is 18.5 Å². The van der Waals surface area contributed by atoms with Gasteiger partial charge >= 0.3 is 0 Å². The van der Waals surface area contributed by atoms with Gasteiger partial charge in [-0.05, 0) is 17.5 Å². The third-order valence-electron chi connectivity index (χ3n) is 3.39. The van der Waals surface area contributed by atoms with Crippen molar-refractivity contribution in [3.05, 3.63) is 84.4 Å². The maximum atomic E-state index is 11.8. The van der Waals surface area contributed by atoms with Crippen molar-refractivity contribution < 1.29 is 4.79 Å². The van der Waals surface area contributed by atoms with Gasteiger partial charge in [0.2, 0.25) is 5.91 Å². The van der Waals surface area contributed by atoms with Crippen LogP contribution >= 0.6 is 0 Å². The second-order valence-corrected chi connectivity index (χ2v) is 4.90. The van der Waals surface area contributed by atoms with Crippen molar-refractivity contribution in [3.63, 3.8) is 0 Å². The first kappa shape index (κ1) is 15.0. The summed E-state index contributed by atoms with van der Waals surface area (Å²) in [5.74, 6) is -0.383. The zero-order chi connectivity index (χ0) is 15.1. The molecule has 1 amide bonds. The number of rotatable bonds is 7. The van der Waals surface area contributed by atoms with E-state index in [-0.39, 0.29) is 11.9 Å². The van der Waals surface area contributed by atoms with E-state index in [1.807, 2.05) is 66.7 Å². The third-order valence-corrected chi connectivity index (χ3v) is 3.39. The molecule has 0 radical (unpaired) electrons. The van der Waals surface area contributed by atoms with Crippen molar-refractivity contribution in [2.24, 2.45) is 5.73 Å². The topological polar surface area (TPSA) is 55.1 Å². The number of benzene rings is 2. The fourth-order valence-corrected chi connectivity index (χ4v) is 2.34. The van der Waals surface area contributed by atoms with Crippen LogP contribution in [0.1, 0.15) is 29.6 Å². The molecule has 0 aliphatic carbocycles. The van der Waals surface area contributed by atoms with Crippen LogP contribution in [-0.4, -0.2) is 5.91 Å². The van der Waals surface area contributed by atoms with Crippen LogP contribution in [0, 0.1) is 0 Å². The molecule has 0 saturated heterocycles. The molecule has 3 nitrogen and oxygen atoms in total. The van der Waals surface area contributed by atoms with Gasteiger partial charge in [0.05, 0.1) is 0 Å². The van der Waals surface area contributed by atoms with Gasteiger partial charge in [0, 0.05) is 6.04 Å². The molecule has 0 spiro atoms. The van der Waals surface area contributed by atoms with Crippen LogP contribution in [0.25, 0.3) is 0 Å². The number of primary amides is 1. The number of amides is 1. The molecule has 0 aliphatic rings. The predicted octanol–water partition coefficient (Wildman–Crippen LogP) is 3.12. The largest absolute Gasteiger partial charge is 0.368 e. The van der Waals surface area contributed by atoms with E-state index in [0.29, 0.717) is 0 Å². The lowest BCUT2D eigenvalue weighted by Gasteiger charge is -2.24. The van der Waals surface area contributed by atoms with Crippen LogP contribution in [-0.2, 0) is 4.79 Å². The van der Waals surface area contributed by atoms with Gasteiger partial charge in [-0.25, -0.2) is 0 Å². The highest BCUT2D eigenvalue weighted by Gasteiger charge is 2.21. The highest BCUT2D eigenvalue weighted by atomic mass is 16.1. The molecule has 0 heterocycles. The Morgan fingerprint density at radius 2 is 1.57 bits per heavy atom. The molecule has 2 aromatic carbocycles. The Morgan fingerprint density at radius 1 is 1.05 bits per heavy atom. The number of hydrogen-bond donors (Lipinski definition) is 2. The summed E-state index contributed by atoms with van der Waals surface area (Å²) >= 11 is 0. The van der Waals surface area contributed by atoms with Crippen LogP contribution in [0.4, 0.5) is 0 Å². The maximum Gasteiger partial charge on any atom is 0.239 e. The van der Waals surface area contributed by atoms with Crippen molar-refractivity contribution in [3.8, 4) is 0 Å². The van der Waals surface area contributed by atoms with E-state index < -0.39 is 6.04 Å². The molecule has 3 N–H and O–H groups in total. The van der Waals surface area contributed by atoms with E-state index in [1.165, 1.54) is 0 Å². The molecular weight excluding hydrogens is 260 g/mol. The first-order valence-electron chi connectivity index (χ1n) is 6.98. The molecule has 0 unspecified atom stereocenters. The Morgan fingerprint density at radius 3 is 2.05 bits per heavy atom. The van der Waals surface area contributed by atoms with Crippen molar-refractivity contribution in [1.29, 1.82) is 0 Å². The second kappa shape index (κ2) is 7.41. The lowest BCUT2D eigenvalue weighted by molar-refractivity contribution is -0.120. The number of carbonyl (C=O) groups is 1. The summed E-state index contributed by atoms with van der Waals surface area (Å²) in [5, 5.41) is 3.34. The van der Waals surface area contributed by atoms with E-state index in [9.17, 15) is 4.79 Å². The predicted molar refractivity (Wildman–Crippen MR) is 85.5 cm³/mol. The molecular formula is C18H20N2O. The smallest absolute Gasteiger partial charge is 0.239 e. The van der Waals surface area contributed by atoms with Crippen molar-refractivity contribution in [2.75, 3.05) is 0 Å². The lowest BCUT2D eigenvalue weighted by Crippen LogP contribution is -2.36. The standard InChI is InChI=1S/C18H20N2O/c1-2-9-16(14-10-5-3-6-11-14)20-17(18(19)21)15-12-7-4-8-13-15/h2-8,10-13,16-17,20H,1,9H2,(H2,19,21)/t16-,17-/m1/s1. The summed E-state index contributed by atoms with van der Waals surface area (Å²) in [6.45, 7) is 3.79. The maximum absolute atomic E-state index is 11.8. The Labute approximate surface area is 125 Å². The summed E-state index contributed by atoms with van der Waals surface area (Å²) in [6, 6.07) is 19.0. The fraction of sp³-hybridized carbons (Fsp3) is 0.167. The van der Waals surface area contributed by atoms with Crippen LogP contribution < -0.4 is 11.1 Å². The molecule has 108 valence electrons. The summed E-state index contributed by atoms with van der Waals surface area (Å²) in [4.78, 5) is 11.8. The minimum Gasteiger partial charge on any atom is -0.368 e. The van der Waals surface area contributed by atoms with E-state index in [4.69, 9.17) is 5.73 Å². The highest BCUT2D eigenvalue weighted by molar-refractivity contribution is 5.81. The summed E-state index contributed by atoms with van der Waals surface area (Å²) in [6.07, 6.45) is 2.56. The Balaban J connectivity index is 2.25. The Kier molecular flexibility index (Phi) is 5.29. The molecule has 2 rings (SSSR count). The summed E-state index contributed by atoms with van der Waals surface area (Å²) in [5.41, 5.74) is 7.55. The molecule has 2 atom stereocenters. The Hall–Kier alpha value is -2.39. The van der Waals surface area contributed by atoms with E-state index in [2.05, 4.69) is 11.9 Å². The summed E-state index contributed by atoms with van der Waals surface area (Å²) in [7, 11) is 0. The van der Waals surface area contributed by atoms with Crippen molar-refractivity contribution in [1.82, 2.24) is 5.32 Å². The quantitative estimate of drug-likeness (QED) is 0.766. The first-order valence-corrected chi connectivity index (χ1v) is 6.98. The molecule has 0 aromatic heterocycles. The zero-order valence-electron chi connectivity index (χ0n) is 11.9. The molecule has 0 bridgehead atoms. The molecule has 2 aromatic rings. The monoisotopic (exact) mass is 280 g/mol. The minimum atomic E-state index is -0.517. The van der Waals surface area contributed by atoms with E-state index in [1.54, 1.807) is 0 Å². The van der Waals surface area contributed by atoms with Gasteiger partial charge in [0.25, 0.3) is 0 Å². The van der Waals surface area contributed by atoms with Crippen LogP contribution in [0.3, 0.4) is 0 Å². The second-order valence-electron chi connectivity index (χ2n) is 4.90. The lowest BCUT2D eigenvalue weighted by atomic mass is 9.99. The molecule has 3 heteroatoms. The van der Waals surface area contributed by atoms with Gasteiger partial charge in [-0.3, -0.25) is 10.1 Å². The van der Waals surface area contributed by atoms with Gasteiger partial charge in [-0.2, -0.15) is 0 Å². The van der Waals surface area contributed by atoms with Gasteiger partial charge in [0.1, 0.15) is 6.04 Å². The van der Waals surface area contributed by atoms with Crippen LogP contribution in [0.2, 0.25) is 0 Å². The van der Waals surface area contributed by atoms with E-state index >= 15 is 0 Å². The number of carbonyl (C=O) groups excluding carboxylic acids is 1. The average Bonchev–Trinajstić information content (AvgIpc) is 2.52. The molecule has 0 saturated carbocycles. The average molecular weight is 280 g/mol. The summed E-state index contributed by atoms with van der Waals surface area (Å²) < 4.78 is 0.